The second kappa shape index (κ2) is 11.7. The van der Waals surface area contributed by atoms with Crippen LogP contribution in [-0.2, 0) is 11.2 Å². The minimum atomic E-state index is -0.535. The van der Waals surface area contributed by atoms with Crippen molar-refractivity contribution in [3.05, 3.63) is 153 Å². The van der Waals surface area contributed by atoms with Gasteiger partial charge in [0.15, 0.2) is 0 Å². The molecule has 4 unspecified atom stereocenters. The summed E-state index contributed by atoms with van der Waals surface area (Å²) >= 11 is 0. The summed E-state index contributed by atoms with van der Waals surface area (Å²) in [4.78, 5) is 2.77. The number of ether oxygens (including phenoxy) is 1. The Balaban J connectivity index is 0.983. The summed E-state index contributed by atoms with van der Waals surface area (Å²) in [7, 11) is -0.921. The third-order valence-electron chi connectivity index (χ3n) is 13.4. The van der Waals surface area contributed by atoms with Crippen molar-refractivity contribution in [1.82, 2.24) is 0 Å². The fraction of sp³-hybridized carbons (Fsp3) is 0.304. The first-order chi connectivity index (χ1) is 24.8. The molecule has 0 N–H and O–H groups in total. The summed E-state index contributed by atoms with van der Waals surface area (Å²) in [5, 5.41) is 5.03. The van der Waals surface area contributed by atoms with Gasteiger partial charge in [0, 0.05) is 28.9 Å². The summed E-state index contributed by atoms with van der Waals surface area (Å²) in [6.07, 6.45) is 28.9. The number of rotatable bonds is 4. The Morgan fingerprint density at radius 1 is 0.780 bits per heavy atom. The number of aryl methyl sites for hydroxylation is 1. The van der Waals surface area contributed by atoms with E-state index in [1.807, 2.05) is 0 Å². The van der Waals surface area contributed by atoms with E-state index in [-0.39, 0.29) is 9.52 Å². The molecule has 3 heterocycles. The third-order valence-corrected chi connectivity index (χ3v) is 18.0. The van der Waals surface area contributed by atoms with E-state index in [4.69, 9.17) is 4.74 Å². The van der Waals surface area contributed by atoms with Crippen molar-refractivity contribution < 1.29 is 4.74 Å². The Bertz CT molecular complexity index is 2190. The second-order valence-corrected chi connectivity index (χ2v) is 20.0. The fourth-order valence-electron chi connectivity index (χ4n) is 11.1. The first kappa shape index (κ1) is 29.6. The van der Waals surface area contributed by atoms with Crippen LogP contribution < -0.4 is 15.3 Å². The maximum Gasteiger partial charge on any atom is 0.119 e. The number of nitrogens with zero attached hydrogens (tertiary/aromatic N) is 1. The van der Waals surface area contributed by atoms with Gasteiger partial charge < -0.3 is 9.64 Å². The highest BCUT2D eigenvalue weighted by atomic mass is 28.2. The van der Waals surface area contributed by atoms with E-state index >= 15 is 0 Å². The smallest absolute Gasteiger partial charge is 0.119 e. The molecule has 4 heteroatoms. The Kier molecular flexibility index (Phi) is 6.93. The van der Waals surface area contributed by atoms with Crippen LogP contribution in [0.25, 0.3) is 17.2 Å². The number of anilines is 1. The lowest BCUT2D eigenvalue weighted by atomic mass is 9.72. The van der Waals surface area contributed by atoms with E-state index in [0.717, 1.165) is 44.1 Å². The molecular formula is C46H45NOSi2. The molecule has 3 aliphatic heterocycles. The van der Waals surface area contributed by atoms with Crippen LogP contribution in [0.3, 0.4) is 0 Å². The van der Waals surface area contributed by atoms with Crippen molar-refractivity contribution in [2.75, 3.05) is 4.90 Å². The Morgan fingerprint density at radius 3 is 2.68 bits per heavy atom. The van der Waals surface area contributed by atoms with E-state index in [1.54, 1.807) is 38.0 Å². The van der Waals surface area contributed by atoms with E-state index in [1.165, 1.54) is 70.7 Å². The molecule has 11 rings (SSSR count). The number of fused-ring (bicyclic) bond motifs is 10. The minimum Gasteiger partial charge on any atom is -0.489 e. The zero-order valence-electron chi connectivity index (χ0n) is 29.0. The topological polar surface area (TPSA) is 12.5 Å². The van der Waals surface area contributed by atoms with Crippen LogP contribution in [0.5, 0.6) is 0 Å². The summed E-state index contributed by atoms with van der Waals surface area (Å²) in [5.41, 5.74) is 17.5. The van der Waals surface area contributed by atoms with Gasteiger partial charge in [-0.25, -0.2) is 0 Å². The van der Waals surface area contributed by atoms with Gasteiger partial charge in [-0.15, -0.1) is 0 Å². The monoisotopic (exact) mass is 683 g/mol. The molecule has 0 amide bonds. The molecule has 0 bridgehead atoms. The lowest BCUT2D eigenvalue weighted by Crippen LogP contribution is -2.33. The summed E-state index contributed by atoms with van der Waals surface area (Å²) in [6.45, 7) is 0. The van der Waals surface area contributed by atoms with Gasteiger partial charge in [-0.2, -0.15) is 0 Å². The second-order valence-electron chi connectivity index (χ2n) is 15.9. The van der Waals surface area contributed by atoms with E-state index < -0.39 is 9.52 Å². The average Bonchev–Trinajstić information content (AvgIpc) is 3.86. The van der Waals surface area contributed by atoms with Crippen LogP contribution in [0.15, 0.2) is 125 Å². The number of allylic oxidation sites excluding steroid dienone is 11. The van der Waals surface area contributed by atoms with Crippen molar-refractivity contribution in [2.45, 2.75) is 81.8 Å². The molecule has 50 heavy (non-hydrogen) atoms. The maximum atomic E-state index is 6.84. The van der Waals surface area contributed by atoms with Gasteiger partial charge in [0.25, 0.3) is 0 Å². The van der Waals surface area contributed by atoms with E-state index in [9.17, 15) is 0 Å². The van der Waals surface area contributed by atoms with Gasteiger partial charge in [-0.05, 0) is 137 Å². The normalized spacial score (nSPS) is 27.8. The van der Waals surface area contributed by atoms with E-state index in [2.05, 4.69) is 108 Å². The summed E-state index contributed by atoms with van der Waals surface area (Å²) in [5.74, 6) is 2.46. The highest BCUT2D eigenvalue weighted by molar-refractivity contribution is 6.69. The fourth-order valence-corrected chi connectivity index (χ4v) is 16.0. The number of hydrogen-bond donors (Lipinski definition) is 0. The third kappa shape index (κ3) is 4.64. The molecule has 8 aliphatic rings. The Hall–Kier alpha value is -4.13. The van der Waals surface area contributed by atoms with Gasteiger partial charge in [-0.1, -0.05) is 95.7 Å². The Labute approximate surface area is 301 Å². The molecule has 248 valence electrons. The highest BCUT2D eigenvalue weighted by Gasteiger charge is 2.50. The van der Waals surface area contributed by atoms with Crippen molar-refractivity contribution in [3.63, 3.8) is 0 Å². The zero-order valence-corrected chi connectivity index (χ0v) is 31.8. The molecule has 4 atom stereocenters. The molecule has 3 aromatic carbocycles. The standard InChI is InChI=1S/C46H45NOSi2/c1-2-9-30-26-31(17-16-28(30)8-1)29-18-20-32(21-19-29)47(39-13-7-12-37-35-11-4-6-15-41(35)50-46(37)39)33-22-23-38-43(27-33)49-42-25-24-36-34-10-3-5-14-40(34)48-45(36)44(38)42/h1,4-6,8,11-12,14-18,20,22-23,26-27,36,42,44-45H,2-3,7,9-10,13,19,21,24-25,49-50H2. The molecule has 2 nitrogen and oxygen atoms in total. The van der Waals surface area contributed by atoms with Gasteiger partial charge in [0.05, 0.1) is 19.0 Å². The van der Waals surface area contributed by atoms with Crippen LogP contribution in [0.4, 0.5) is 5.69 Å². The first-order valence-electron chi connectivity index (χ1n) is 19.5. The van der Waals surface area contributed by atoms with Crippen LogP contribution >= 0.6 is 0 Å². The lowest BCUT2D eigenvalue weighted by molar-refractivity contribution is 0.0688. The molecule has 0 spiro atoms. The summed E-state index contributed by atoms with van der Waals surface area (Å²) in [6, 6.07) is 24.2. The van der Waals surface area contributed by atoms with Crippen molar-refractivity contribution in [1.29, 1.82) is 0 Å². The van der Waals surface area contributed by atoms with Gasteiger partial charge in [0.2, 0.25) is 0 Å². The average molecular weight is 684 g/mol. The molecule has 0 aromatic heterocycles. The van der Waals surface area contributed by atoms with Crippen LogP contribution in [0.1, 0.15) is 91.5 Å². The van der Waals surface area contributed by atoms with Crippen molar-refractivity contribution in [2.24, 2.45) is 5.92 Å². The Morgan fingerprint density at radius 2 is 1.72 bits per heavy atom. The number of hydrogen-bond acceptors (Lipinski definition) is 2. The molecule has 0 saturated heterocycles. The quantitative estimate of drug-likeness (QED) is 0.257. The van der Waals surface area contributed by atoms with Gasteiger partial charge in [0.1, 0.15) is 11.9 Å². The largest absolute Gasteiger partial charge is 0.489 e. The van der Waals surface area contributed by atoms with Crippen LogP contribution in [0.2, 0.25) is 5.54 Å². The SMILES string of the molecule is C1=CC2=C(CC1)C1CCC3[SiH2]c4cc(N(C5=CC=C(c6ccc7c(c6)CCC=C7)CC5)C5=C6[SiH2]c7ccccc7C6=CCC5)ccc4C3C1O2. The van der Waals surface area contributed by atoms with Crippen molar-refractivity contribution in [3.8, 4) is 0 Å². The molecule has 1 fully saturated rings. The molecular weight excluding hydrogens is 639 g/mol. The molecule has 5 aliphatic carbocycles. The molecule has 1 saturated carbocycles. The lowest BCUT2D eigenvalue weighted by Gasteiger charge is -2.37. The number of benzene rings is 3. The van der Waals surface area contributed by atoms with Crippen molar-refractivity contribution >= 4 is 52.3 Å². The van der Waals surface area contributed by atoms with Crippen LogP contribution in [-0.4, -0.2) is 25.1 Å². The maximum absolute atomic E-state index is 6.84. The molecule has 0 radical (unpaired) electrons. The van der Waals surface area contributed by atoms with Crippen LogP contribution in [0, 0.1) is 5.92 Å². The predicted molar refractivity (Wildman–Crippen MR) is 215 cm³/mol. The zero-order chi connectivity index (χ0) is 32.8. The minimum absolute atomic E-state index is 0.361. The van der Waals surface area contributed by atoms with E-state index in [0.29, 0.717) is 17.9 Å². The van der Waals surface area contributed by atoms with Gasteiger partial charge >= 0.3 is 0 Å². The summed E-state index contributed by atoms with van der Waals surface area (Å²) < 4.78 is 6.84. The molecule has 3 aromatic rings. The van der Waals surface area contributed by atoms with Gasteiger partial charge in [-0.3, -0.25) is 0 Å². The highest BCUT2D eigenvalue weighted by Crippen LogP contribution is 2.55. The predicted octanol–water partition coefficient (Wildman–Crippen LogP) is 8.20. The first-order valence-corrected chi connectivity index (χ1v) is 22.4.